The van der Waals surface area contributed by atoms with Gasteiger partial charge >= 0.3 is 7.12 Å². The van der Waals surface area contributed by atoms with Crippen molar-refractivity contribution in [1.82, 2.24) is 4.98 Å². The third-order valence-corrected chi connectivity index (χ3v) is 4.88. The fourth-order valence-corrected chi connectivity index (χ4v) is 2.43. The Morgan fingerprint density at radius 2 is 1.81 bits per heavy atom. The van der Waals surface area contributed by atoms with Crippen LogP contribution in [0.1, 0.15) is 47.5 Å². The van der Waals surface area contributed by atoms with E-state index in [-0.39, 0.29) is 24.4 Å². The fraction of sp³-hybridized carbons (Fsp3) is 0.688. The van der Waals surface area contributed by atoms with Gasteiger partial charge in [-0.15, -0.1) is 0 Å². The molecule has 3 rings (SSSR count). The van der Waals surface area contributed by atoms with Crippen LogP contribution in [-0.2, 0) is 9.31 Å². The first-order valence-corrected chi connectivity index (χ1v) is 7.77. The molecule has 0 bridgehead atoms. The summed E-state index contributed by atoms with van der Waals surface area (Å²) >= 11 is 0. The minimum atomic E-state index is -0.364. The van der Waals surface area contributed by atoms with Gasteiger partial charge in [-0.2, -0.15) is 0 Å². The molecule has 1 aliphatic carbocycles. The minimum absolute atomic E-state index is 0.250. The second-order valence-corrected chi connectivity index (χ2v) is 7.18. The first-order chi connectivity index (χ1) is 9.78. The summed E-state index contributed by atoms with van der Waals surface area (Å²) in [6.45, 7) is 10.3. The summed E-state index contributed by atoms with van der Waals surface area (Å²) in [6, 6.07) is 3.88. The monoisotopic (exact) mass is 289 g/mol. The molecule has 0 radical (unpaired) electrons. The molecular weight excluding hydrogens is 265 g/mol. The van der Waals surface area contributed by atoms with Crippen molar-refractivity contribution in [1.29, 1.82) is 0 Å². The molecule has 0 amide bonds. The van der Waals surface area contributed by atoms with E-state index in [2.05, 4.69) is 39.6 Å². The third-order valence-electron chi connectivity index (χ3n) is 4.88. The lowest BCUT2D eigenvalue weighted by atomic mass is 9.80. The highest BCUT2D eigenvalue weighted by atomic mass is 16.7. The van der Waals surface area contributed by atoms with E-state index in [1.54, 1.807) is 6.20 Å². The zero-order valence-corrected chi connectivity index (χ0v) is 13.6. The summed E-state index contributed by atoms with van der Waals surface area (Å²) in [7, 11) is -0.364. The standard InChI is InChI=1S/C16H24BNO3/c1-11(12-6-7-12)19-14-9-8-13(10-18-14)17-20-15(2,3)16(4,5)21-17/h8-12H,6-7H2,1-5H3. The molecule has 2 aliphatic rings. The number of ether oxygens (including phenoxy) is 1. The fourth-order valence-electron chi connectivity index (χ4n) is 2.43. The Balaban J connectivity index is 1.67. The van der Waals surface area contributed by atoms with E-state index < -0.39 is 0 Å². The summed E-state index contributed by atoms with van der Waals surface area (Å²) in [5.74, 6) is 1.38. The number of hydrogen-bond donors (Lipinski definition) is 0. The van der Waals surface area contributed by atoms with E-state index in [1.165, 1.54) is 12.8 Å². The van der Waals surface area contributed by atoms with Gasteiger partial charge in [0.25, 0.3) is 0 Å². The maximum atomic E-state index is 6.02. The van der Waals surface area contributed by atoms with Crippen molar-refractivity contribution < 1.29 is 14.0 Å². The van der Waals surface area contributed by atoms with Gasteiger partial charge in [-0.05, 0) is 59.4 Å². The summed E-state index contributed by atoms with van der Waals surface area (Å²) in [6.07, 6.45) is 4.58. The number of aromatic nitrogens is 1. The van der Waals surface area contributed by atoms with E-state index in [9.17, 15) is 0 Å². The van der Waals surface area contributed by atoms with Gasteiger partial charge in [-0.3, -0.25) is 0 Å². The van der Waals surface area contributed by atoms with Crippen molar-refractivity contribution >= 4 is 12.6 Å². The number of rotatable bonds is 4. The van der Waals surface area contributed by atoms with Crippen LogP contribution in [0.3, 0.4) is 0 Å². The molecular formula is C16H24BNO3. The summed E-state index contributed by atoms with van der Waals surface area (Å²) in [4.78, 5) is 4.39. The van der Waals surface area contributed by atoms with Crippen LogP contribution >= 0.6 is 0 Å². The first kappa shape index (κ1) is 14.9. The molecule has 0 N–H and O–H groups in total. The predicted octanol–water partition coefficient (Wildman–Crippen LogP) is 2.56. The third kappa shape index (κ3) is 2.95. The molecule has 1 aromatic heterocycles. The smallest absolute Gasteiger partial charge is 0.474 e. The first-order valence-electron chi connectivity index (χ1n) is 7.77. The zero-order valence-electron chi connectivity index (χ0n) is 13.6. The topological polar surface area (TPSA) is 40.6 Å². The number of nitrogens with zero attached hydrogens (tertiary/aromatic N) is 1. The second kappa shape index (κ2) is 4.99. The molecule has 1 atom stereocenters. The van der Waals surface area contributed by atoms with Crippen molar-refractivity contribution in [3.8, 4) is 5.88 Å². The van der Waals surface area contributed by atoms with Crippen molar-refractivity contribution in [3.63, 3.8) is 0 Å². The van der Waals surface area contributed by atoms with Gasteiger partial charge < -0.3 is 14.0 Å². The lowest BCUT2D eigenvalue weighted by Crippen LogP contribution is -2.41. The molecule has 0 aromatic carbocycles. The Labute approximate surface area is 127 Å². The number of hydrogen-bond acceptors (Lipinski definition) is 4. The van der Waals surface area contributed by atoms with Gasteiger partial charge in [0, 0.05) is 11.7 Å². The maximum absolute atomic E-state index is 6.02. The Morgan fingerprint density at radius 1 is 1.19 bits per heavy atom. The molecule has 1 aromatic rings. The van der Waals surface area contributed by atoms with Crippen LogP contribution in [-0.4, -0.2) is 29.4 Å². The average Bonchev–Trinajstić information content (AvgIpc) is 3.19. The van der Waals surface area contributed by atoms with Crippen LogP contribution in [0.15, 0.2) is 18.3 Å². The molecule has 1 saturated heterocycles. The molecule has 2 fully saturated rings. The van der Waals surface area contributed by atoms with E-state index in [0.717, 1.165) is 5.46 Å². The molecule has 1 unspecified atom stereocenters. The number of pyridine rings is 1. The molecule has 4 nitrogen and oxygen atoms in total. The van der Waals surface area contributed by atoms with E-state index >= 15 is 0 Å². The Hall–Kier alpha value is -1.07. The molecule has 1 aliphatic heterocycles. The minimum Gasteiger partial charge on any atom is -0.474 e. The Morgan fingerprint density at radius 3 is 2.29 bits per heavy atom. The largest absolute Gasteiger partial charge is 0.496 e. The van der Waals surface area contributed by atoms with E-state index in [4.69, 9.17) is 14.0 Å². The van der Waals surface area contributed by atoms with Crippen LogP contribution in [0.2, 0.25) is 0 Å². The van der Waals surface area contributed by atoms with Crippen LogP contribution in [0, 0.1) is 5.92 Å². The highest BCUT2D eigenvalue weighted by Crippen LogP contribution is 2.36. The maximum Gasteiger partial charge on any atom is 0.496 e. The normalized spacial score (nSPS) is 24.9. The summed E-state index contributed by atoms with van der Waals surface area (Å²) in [5, 5.41) is 0. The van der Waals surface area contributed by atoms with Crippen molar-refractivity contribution in [2.45, 2.75) is 64.8 Å². The van der Waals surface area contributed by atoms with Gasteiger partial charge in [0.2, 0.25) is 5.88 Å². The lowest BCUT2D eigenvalue weighted by Gasteiger charge is -2.32. The van der Waals surface area contributed by atoms with Gasteiger partial charge in [-0.25, -0.2) is 4.98 Å². The zero-order chi connectivity index (χ0) is 15.3. The van der Waals surface area contributed by atoms with Crippen LogP contribution in [0.5, 0.6) is 5.88 Å². The quantitative estimate of drug-likeness (QED) is 0.799. The van der Waals surface area contributed by atoms with Gasteiger partial charge in [0.15, 0.2) is 0 Å². The van der Waals surface area contributed by atoms with Crippen molar-refractivity contribution in [2.75, 3.05) is 0 Å². The predicted molar refractivity (Wildman–Crippen MR) is 82.8 cm³/mol. The highest BCUT2D eigenvalue weighted by molar-refractivity contribution is 6.62. The lowest BCUT2D eigenvalue weighted by molar-refractivity contribution is 0.00578. The van der Waals surface area contributed by atoms with Gasteiger partial charge in [0.05, 0.1) is 11.2 Å². The Kier molecular flexibility index (Phi) is 3.53. The highest BCUT2D eigenvalue weighted by Gasteiger charge is 2.51. The van der Waals surface area contributed by atoms with Crippen LogP contribution in [0.25, 0.3) is 0 Å². The van der Waals surface area contributed by atoms with Crippen LogP contribution in [0.4, 0.5) is 0 Å². The molecule has 0 spiro atoms. The van der Waals surface area contributed by atoms with Crippen LogP contribution < -0.4 is 10.2 Å². The summed E-state index contributed by atoms with van der Waals surface area (Å²) < 4.78 is 17.9. The van der Waals surface area contributed by atoms with E-state index in [0.29, 0.717) is 11.8 Å². The second-order valence-electron chi connectivity index (χ2n) is 7.18. The molecule has 2 heterocycles. The van der Waals surface area contributed by atoms with Crippen molar-refractivity contribution in [3.05, 3.63) is 18.3 Å². The molecule has 114 valence electrons. The summed E-state index contributed by atoms with van der Waals surface area (Å²) in [5.41, 5.74) is 0.278. The Bertz CT molecular complexity index is 495. The molecule has 21 heavy (non-hydrogen) atoms. The molecule has 5 heteroatoms. The van der Waals surface area contributed by atoms with Gasteiger partial charge in [-0.1, -0.05) is 6.07 Å². The average molecular weight is 289 g/mol. The van der Waals surface area contributed by atoms with Crippen molar-refractivity contribution in [2.24, 2.45) is 5.92 Å². The SMILES string of the molecule is CC(Oc1ccc(B2OC(C)(C)C(C)(C)O2)cn1)C1CC1. The van der Waals surface area contributed by atoms with E-state index in [1.807, 2.05) is 12.1 Å². The molecule has 1 saturated carbocycles. The van der Waals surface area contributed by atoms with Gasteiger partial charge in [0.1, 0.15) is 6.10 Å².